The summed E-state index contributed by atoms with van der Waals surface area (Å²) in [4.78, 5) is 33.5. The molecule has 0 unspecified atom stereocenters. The summed E-state index contributed by atoms with van der Waals surface area (Å²) in [5.41, 5.74) is 2.42. The second kappa shape index (κ2) is 9.02. The number of H-pyrrole nitrogens is 1. The van der Waals surface area contributed by atoms with Crippen LogP contribution in [0.1, 0.15) is 23.1 Å². The van der Waals surface area contributed by atoms with E-state index >= 15 is 0 Å². The Morgan fingerprint density at radius 1 is 1.07 bits per heavy atom. The van der Waals surface area contributed by atoms with Gasteiger partial charge in [-0.2, -0.15) is 0 Å². The van der Waals surface area contributed by atoms with Crippen LogP contribution in [0.25, 0.3) is 10.2 Å². The highest BCUT2D eigenvalue weighted by molar-refractivity contribution is 7.17. The molecule has 0 fully saturated rings. The van der Waals surface area contributed by atoms with Crippen molar-refractivity contribution < 1.29 is 9.53 Å². The lowest BCUT2D eigenvalue weighted by Crippen LogP contribution is -2.32. The second-order valence-corrected chi connectivity index (χ2v) is 7.83. The average molecular weight is 420 g/mol. The van der Waals surface area contributed by atoms with Gasteiger partial charge in [-0.1, -0.05) is 60.7 Å². The summed E-state index contributed by atoms with van der Waals surface area (Å²) in [5.74, 6) is 0.254. The molecule has 0 spiro atoms. The van der Waals surface area contributed by atoms with Gasteiger partial charge in [0.25, 0.3) is 5.56 Å². The normalized spacial score (nSPS) is 11.1. The highest BCUT2D eigenvalue weighted by Gasteiger charge is 2.18. The lowest BCUT2D eigenvalue weighted by atomic mass is 10.0. The summed E-state index contributed by atoms with van der Waals surface area (Å²) in [5, 5.41) is 1.83. The van der Waals surface area contributed by atoms with E-state index in [0.717, 1.165) is 11.1 Å². The van der Waals surface area contributed by atoms with Crippen LogP contribution in [0.4, 0.5) is 0 Å². The molecule has 0 aliphatic carbocycles. The molecule has 0 aliphatic rings. The lowest BCUT2D eigenvalue weighted by Gasteiger charge is -2.21. The van der Waals surface area contributed by atoms with Crippen LogP contribution in [0, 0.1) is 0 Å². The van der Waals surface area contributed by atoms with Crippen molar-refractivity contribution in [2.45, 2.75) is 12.6 Å². The van der Waals surface area contributed by atoms with Gasteiger partial charge >= 0.3 is 0 Å². The van der Waals surface area contributed by atoms with Gasteiger partial charge < -0.3 is 14.6 Å². The minimum Gasteiger partial charge on any atom is -0.359 e. The maximum atomic E-state index is 12.7. The first-order valence-electron chi connectivity index (χ1n) is 9.53. The fourth-order valence-electron chi connectivity index (χ4n) is 3.21. The molecule has 0 saturated heterocycles. The Kier molecular flexibility index (Phi) is 6.02. The summed E-state index contributed by atoms with van der Waals surface area (Å²) in [6.45, 7) is 0.112. The molecule has 2 aromatic heterocycles. The molecule has 0 aliphatic heterocycles. The molecule has 1 N–H and O–H groups in total. The maximum absolute atomic E-state index is 12.7. The molecule has 152 valence electrons. The number of nitrogens with one attached hydrogen (secondary N) is 1. The molecular formula is C23H21N3O3S. The van der Waals surface area contributed by atoms with Crippen LogP contribution in [-0.2, 0) is 16.1 Å². The minimum atomic E-state index is -0.343. The van der Waals surface area contributed by atoms with Crippen molar-refractivity contribution in [1.82, 2.24) is 14.9 Å². The third-order valence-corrected chi connectivity index (χ3v) is 5.66. The summed E-state index contributed by atoms with van der Waals surface area (Å²) in [7, 11) is 1.67. The highest BCUT2D eigenvalue weighted by Crippen LogP contribution is 2.25. The van der Waals surface area contributed by atoms with E-state index in [-0.39, 0.29) is 30.7 Å². The van der Waals surface area contributed by atoms with Gasteiger partial charge in [0.05, 0.1) is 12.1 Å². The van der Waals surface area contributed by atoms with E-state index in [1.165, 1.54) is 16.2 Å². The lowest BCUT2D eigenvalue weighted by molar-refractivity contribution is -0.136. The van der Waals surface area contributed by atoms with Crippen molar-refractivity contribution >= 4 is 27.5 Å². The third-order valence-electron chi connectivity index (χ3n) is 4.75. The van der Waals surface area contributed by atoms with Gasteiger partial charge in [-0.15, -0.1) is 11.3 Å². The van der Waals surface area contributed by atoms with Crippen LogP contribution < -0.4 is 5.56 Å². The Bertz CT molecular complexity index is 1150. The third kappa shape index (κ3) is 4.48. The summed E-state index contributed by atoms with van der Waals surface area (Å²) >= 11 is 1.35. The van der Waals surface area contributed by atoms with Crippen molar-refractivity contribution in [3.8, 4) is 0 Å². The number of benzene rings is 2. The monoisotopic (exact) mass is 419 g/mol. The topological polar surface area (TPSA) is 75.3 Å². The predicted octanol–water partition coefficient (Wildman–Crippen LogP) is 3.75. The Morgan fingerprint density at radius 2 is 1.70 bits per heavy atom. The molecule has 2 heterocycles. The van der Waals surface area contributed by atoms with Gasteiger partial charge in [-0.05, 0) is 22.6 Å². The molecule has 1 amide bonds. The number of rotatable bonds is 7. The molecular weight excluding hydrogens is 398 g/mol. The molecule has 2 aromatic carbocycles. The molecule has 6 nitrogen and oxygen atoms in total. The number of carbonyl (C=O) groups is 1. The van der Waals surface area contributed by atoms with Gasteiger partial charge in [0.1, 0.15) is 23.2 Å². The van der Waals surface area contributed by atoms with Gasteiger partial charge in [0.15, 0.2) is 0 Å². The van der Waals surface area contributed by atoms with Crippen molar-refractivity contribution in [2.24, 2.45) is 0 Å². The van der Waals surface area contributed by atoms with E-state index in [1.807, 2.05) is 66.0 Å². The Morgan fingerprint density at radius 3 is 2.33 bits per heavy atom. The van der Waals surface area contributed by atoms with Crippen LogP contribution in [-0.4, -0.2) is 34.4 Å². The molecule has 0 bridgehead atoms. The van der Waals surface area contributed by atoms with E-state index in [9.17, 15) is 9.59 Å². The number of ether oxygens (including phenoxy) is 1. The van der Waals surface area contributed by atoms with Crippen molar-refractivity contribution in [3.05, 3.63) is 99.4 Å². The number of aromatic nitrogens is 2. The van der Waals surface area contributed by atoms with E-state index in [4.69, 9.17) is 4.74 Å². The average Bonchev–Trinajstić information content (AvgIpc) is 3.24. The standard InChI is InChI=1S/C23H21N3O3S/c1-26(14-19-24-18-12-13-30-22(18)23(28)25-19)20(27)15-29-21(16-8-4-2-5-9-16)17-10-6-3-7-11-17/h2-13,21H,14-15H2,1H3,(H,24,25,28). The maximum Gasteiger partial charge on any atom is 0.268 e. The van der Waals surface area contributed by atoms with Gasteiger partial charge in [-0.3, -0.25) is 9.59 Å². The quantitative estimate of drug-likeness (QED) is 0.495. The number of hydrogen-bond acceptors (Lipinski definition) is 5. The number of thiophene rings is 1. The first-order valence-corrected chi connectivity index (χ1v) is 10.4. The molecule has 4 aromatic rings. The number of likely N-dealkylation sites (N-methyl/N-ethyl adjacent to an activating group) is 1. The predicted molar refractivity (Wildman–Crippen MR) is 117 cm³/mol. The van der Waals surface area contributed by atoms with E-state index in [2.05, 4.69) is 9.97 Å². The summed E-state index contributed by atoms with van der Waals surface area (Å²) < 4.78 is 6.62. The highest BCUT2D eigenvalue weighted by atomic mass is 32.1. The van der Waals surface area contributed by atoms with Crippen molar-refractivity contribution in [2.75, 3.05) is 13.7 Å². The number of aromatic amines is 1. The molecule has 0 saturated carbocycles. The zero-order valence-electron chi connectivity index (χ0n) is 16.4. The zero-order chi connectivity index (χ0) is 20.9. The first kappa shape index (κ1) is 20.0. The first-order chi connectivity index (χ1) is 14.6. The van der Waals surface area contributed by atoms with Gasteiger partial charge in [-0.25, -0.2) is 4.98 Å². The molecule has 7 heteroatoms. The van der Waals surface area contributed by atoms with E-state index in [0.29, 0.717) is 16.0 Å². The zero-order valence-corrected chi connectivity index (χ0v) is 17.3. The fraction of sp³-hybridized carbons (Fsp3) is 0.174. The summed E-state index contributed by atoms with van der Waals surface area (Å²) in [6, 6.07) is 21.4. The largest absolute Gasteiger partial charge is 0.359 e. The van der Waals surface area contributed by atoms with Crippen molar-refractivity contribution in [3.63, 3.8) is 0 Å². The summed E-state index contributed by atoms with van der Waals surface area (Å²) in [6.07, 6.45) is -0.343. The van der Waals surface area contributed by atoms with Gasteiger partial charge in [0, 0.05) is 7.05 Å². The smallest absolute Gasteiger partial charge is 0.268 e. The van der Waals surface area contributed by atoms with E-state index in [1.54, 1.807) is 13.1 Å². The van der Waals surface area contributed by atoms with Crippen LogP contribution in [0.3, 0.4) is 0 Å². The molecule has 30 heavy (non-hydrogen) atoms. The molecule has 0 radical (unpaired) electrons. The molecule has 0 atom stereocenters. The fourth-order valence-corrected chi connectivity index (χ4v) is 3.94. The Labute approximate surface area is 177 Å². The van der Waals surface area contributed by atoms with Crippen molar-refractivity contribution in [1.29, 1.82) is 0 Å². The van der Waals surface area contributed by atoms with Crippen LogP contribution in [0.2, 0.25) is 0 Å². The number of fused-ring (bicyclic) bond motifs is 1. The number of carbonyl (C=O) groups excluding carboxylic acids is 1. The van der Waals surface area contributed by atoms with Crippen LogP contribution in [0.5, 0.6) is 0 Å². The molecule has 4 rings (SSSR count). The Balaban J connectivity index is 1.45. The SMILES string of the molecule is CN(Cc1nc2ccsc2c(=O)[nH]1)C(=O)COC(c1ccccc1)c1ccccc1. The minimum absolute atomic E-state index is 0.0874. The Hall–Kier alpha value is -3.29. The van der Waals surface area contributed by atoms with Crippen LogP contribution >= 0.6 is 11.3 Å². The van der Waals surface area contributed by atoms with Crippen LogP contribution in [0.15, 0.2) is 76.9 Å². The number of nitrogens with zero attached hydrogens (tertiary/aromatic N) is 2. The second-order valence-electron chi connectivity index (χ2n) is 6.91. The number of hydrogen-bond donors (Lipinski definition) is 1. The number of amides is 1. The van der Waals surface area contributed by atoms with E-state index < -0.39 is 0 Å². The van der Waals surface area contributed by atoms with Gasteiger partial charge in [0.2, 0.25) is 5.91 Å².